The van der Waals surface area contributed by atoms with Crippen LogP contribution in [-0.4, -0.2) is 48.1 Å². The zero-order valence-electron chi connectivity index (χ0n) is 13.2. The number of piperidine rings is 1. The smallest absolute Gasteiger partial charge is 0.257 e. The van der Waals surface area contributed by atoms with Crippen LogP contribution >= 0.6 is 0 Å². The number of hydrogen-bond acceptors (Lipinski definition) is 5. The molecule has 0 N–H and O–H groups in total. The van der Waals surface area contributed by atoms with Gasteiger partial charge in [-0.2, -0.15) is 0 Å². The van der Waals surface area contributed by atoms with Gasteiger partial charge in [0, 0.05) is 32.4 Å². The Bertz CT molecular complexity index is 633. The highest BCUT2D eigenvalue weighted by molar-refractivity contribution is 6.28. The molecule has 0 unspecified atom stereocenters. The lowest BCUT2D eigenvalue weighted by Gasteiger charge is -2.37. The molecule has 0 atom stereocenters. The van der Waals surface area contributed by atoms with Crippen molar-refractivity contribution in [1.82, 2.24) is 4.90 Å². The molecule has 3 rings (SSSR count). The zero-order chi connectivity index (χ0) is 16.3. The van der Waals surface area contributed by atoms with Crippen molar-refractivity contribution < 1.29 is 19.2 Å². The van der Waals surface area contributed by atoms with Gasteiger partial charge in [-0.05, 0) is 19.1 Å². The van der Waals surface area contributed by atoms with Crippen LogP contribution in [0.1, 0.15) is 36.5 Å². The molecule has 2 aliphatic heterocycles. The van der Waals surface area contributed by atoms with Crippen molar-refractivity contribution in [3.8, 4) is 5.75 Å². The Balaban J connectivity index is 1.66. The third kappa shape index (κ3) is 3.06. The maximum absolute atomic E-state index is 12.7. The number of ether oxygens (including phenoxy) is 1. The Hall–Kier alpha value is -2.37. The number of amides is 1. The predicted octanol–water partition coefficient (Wildman–Crippen LogP) is 2.04. The van der Waals surface area contributed by atoms with E-state index in [9.17, 15) is 9.59 Å². The standard InChI is InChI=1S/C17H20N2O4/c1-2-22-15-6-4-3-5-14(15)16(21)19-9-7-17(8-10-19)11-13(12-20)18-23-17/h3-6,12H,2,7-11H2,1H3. The molecule has 0 aliphatic carbocycles. The van der Waals surface area contributed by atoms with Gasteiger partial charge >= 0.3 is 0 Å². The van der Waals surface area contributed by atoms with Crippen molar-refractivity contribution in [2.24, 2.45) is 5.16 Å². The SMILES string of the molecule is CCOc1ccccc1C(=O)N1CCC2(CC1)CC(C=O)=NO2. The molecule has 1 saturated heterocycles. The van der Waals surface area contributed by atoms with Crippen molar-refractivity contribution in [2.75, 3.05) is 19.7 Å². The van der Waals surface area contributed by atoms with Crippen LogP contribution in [0.15, 0.2) is 29.4 Å². The first-order valence-electron chi connectivity index (χ1n) is 7.89. The second-order valence-corrected chi connectivity index (χ2v) is 5.87. The molecule has 1 fully saturated rings. The van der Waals surface area contributed by atoms with E-state index in [1.807, 2.05) is 30.0 Å². The fourth-order valence-electron chi connectivity index (χ4n) is 3.09. The van der Waals surface area contributed by atoms with E-state index in [0.29, 0.717) is 56.0 Å². The molecule has 0 saturated carbocycles. The lowest BCUT2D eigenvalue weighted by molar-refractivity contribution is -0.102. The predicted molar refractivity (Wildman–Crippen MR) is 84.7 cm³/mol. The van der Waals surface area contributed by atoms with Gasteiger partial charge in [0.25, 0.3) is 5.91 Å². The van der Waals surface area contributed by atoms with Crippen LogP contribution in [0.25, 0.3) is 0 Å². The number of nitrogens with zero attached hydrogens (tertiary/aromatic N) is 2. The van der Waals surface area contributed by atoms with Crippen LogP contribution in [-0.2, 0) is 9.63 Å². The third-order valence-electron chi connectivity index (χ3n) is 4.38. The van der Waals surface area contributed by atoms with Gasteiger partial charge in [0.2, 0.25) is 0 Å². The van der Waals surface area contributed by atoms with Crippen molar-refractivity contribution in [3.05, 3.63) is 29.8 Å². The highest BCUT2D eigenvalue weighted by Gasteiger charge is 2.43. The average Bonchev–Trinajstić information content (AvgIpc) is 2.99. The zero-order valence-corrected chi connectivity index (χ0v) is 13.2. The van der Waals surface area contributed by atoms with Crippen LogP contribution in [0.3, 0.4) is 0 Å². The molecule has 1 spiro atoms. The molecule has 6 heteroatoms. The number of benzene rings is 1. The second-order valence-electron chi connectivity index (χ2n) is 5.87. The summed E-state index contributed by atoms with van der Waals surface area (Å²) in [5.74, 6) is 0.586. The van der Waals surface area contributed by atoms with Crippen LogP contribution < -0.4 is 4.74 Å². The highest BCUT2D eigenvalue weighted by Crippen LogP contribution is 2.35. The summed E-state index contributed by atoms with van der Waals surface area (Å²) >= 11 is 0. The summed E-state index contributed by atoms with van der Waals surface area (Å²) in [5, 5.41) is 3.82. The molecule has 122 valence electrons. The molecule has 6 nitrogen and oxygen atoms in total. The number of carbonyl (C=O) groups is 2. The van der Waals surface area contributed by atoms with Crippen LogP contribution in [0.4, 0.5) is 0 Å². The van der Waals surface area contributed by atoms with Gasteiger partial charge in [0.15, 0.2) is 6.29 Å². The second kappa shape index (κ2) is 6.40. The van der Waals surface area contributed by atoms with E-state index in [1.54, 1.807) is 6.07 Å². The number of aldehydes is 1. The Labute approximate surface area is 135 Å². The Morgan fingerprint density at radius 1 is 1.39 bits per heavy atom. The van der Waals surface area contributed by atoms with Crippen LogP contribution in [0.5, 0.6) is 5.75 Å². The number of para-hydroxylation sites is 1. The summed E-state index contributed by atoms with van der Waals surface area (Å²) in [6.45, 7) is 3.59. The molecule has 1 aromatic carbocycles. The van der Waals surface area contributed by atoms with Crippen molar-refractivity contribution in [2.45, 2.75) is 31.8 Å². The van der Waals surface area contributed by atoms with E-state index in [2.05, 4.69) is 5.16 Å². The summed E-state index contributed by atoms with van der Waals surface area (Å²) in [6.07, 6.45) is 2.63. The van der Waals surface area contributed by atoms with E-state index >= 15 is 0 Å². The Morgan fingerprint density at radius 2 is 2.13 bits per heavy atom. The molecule has 0 bridgehead atoms. The number of carbonyl (C=O) groups excluding carboxylic acids is 2. The molecular formula is C17H20N2O4. The van der Waals surface area contributed by atoms with Crippen molar-refractivity contribution in [3.63, 3.8) is 0 Å². The third-order valence-corrected chi connectivity index (χ3v) is 4.38. The van der Waals surface area contributed by atoms with Crippen molar-refractivity contribution >= 4 is 17.9 Å². The Kier molecular flexibility index (Phi) is 4.32. The number of hydrogen-bond donors (Lipinski definition) is 0. The fourth-order valence-corrected chi connectivity index (χ4v) is 3.09. The highest BCUT2D eigenvalue weighted by atomic mass is 16.7. The minimum atomic E-state index is -0.410. The summed E-state index contributed by atoms with van der Waals surface area (Å²) in [4.78, 5) is 30.8. The van der Waals surface area contributed by atoms with Crippen LogP contribution in [0.2, 0.25) is 0 Å². The lowest BCUT2D eigenvalue weighted by Crippen LogP contribution is -2.46. The quantitative estimate of drug-likeness (QED) is 0.797. The van der Waals surface area contributed by atoms with Gasteiger partial charge in [-0.3, -0.25) is 9.59 Å². The van der Waals surface area contributed by atoms with Gasteiger partial charge in [-0.15, -0.1) is 0 Å². The van der Waals surface area contributed by atoms with Gasteiger partial charge < -0.3 is 14.5 Å². The first-order valence-corrected chi connectivity index (χ1v) is 7.89. The van der Waals surface area contributed by atoms with E-state index in [-0.39, 0.29) is 5.91 Å². The van der Waals surface area contributed by atoms with E-state index in [0.717, 1.165) is 6.29 Å². The minimum Gasteiger partial charge on any atom is -0.493 e. The van der Waals surface area contributed by atoms with Crippen molar-refractivity contribution in [1.29, 1.82) is 0 Å². The first-order chi connectivity index (χ1) is 11.2. The molecule has 2 heterocycles. The number of rotatable bonds is 4. The average molecular weight is 316 g/mol. The maximum Gasteiger partial charge on any atom is 0.257 e. The topological polar surface area (TPSA) is 68.2 Å². The molecule has 2 aliphatic rings. The van der Waals surface area contributed by atoms with Gasteiger partial charge in [0.05, 0.1) is 12.2 Å². The minimum absolute atomic E-state index is 0.0292. The van der Waals surface area contributed by atoms with E-state index < -0.39 is 5.60 Å². The first kappa shape index (κ1) is 15.5. The van der Waals surface area contributed by atoms with E-state index in [4.69, 9.17) is 9.57 Å². The van der Waals surface area contributed by atoms with Crippen LogP contribution in [0, 0.1) is 0 Å². The van der Waals surface area contributed by atoms with Gasteiger partial charge in [-0.25, -0.2) is 0 Å². The summed E-state index contributed by atoms with van der Waals surface area (Å²) in [7, 11) is 0. The lowest BCUT2D eigenvalue weighted by atomic mass is 9.87. The largest absolute Gasteiger partial charge is 0.493 e. The monoisotopic (exact) mass is 316 g/mol. The summed E-state index contributed by atoms with van der Waals surface area (Å²) in [5.41, 5.74) is 0.626. The maximum atomic E-state index is 12.7. The summed E-state index contributed by atoms with van der Waals surface area (Å²) < 4.78 is 5.54. The molecule has 1 amide bonds. The van der Waals surface area contributed by atoms with Gasteiger partial charge in [-0.1, -0.05) is 17.3 Å². The van der Waals surface area contributed by atoms with E-state index in [1.165, 1.54) is 0 Å². The number of oxime groups is 1. The molecule has 0 radical (unpaired) electrons. The molecular weight excluding hydrogens is 296 g/mol. The van der Waals surface area contributed by atoms with Gasteiger partial charge in [0.1, 0.15) is 17.1 Å². The molecule has 0 aromatic heterocycles. The fraction of sp³-hybridized carbons (Fsp3) is 0.471. The summed E-state index contributed by atoms with van der Waals surface area (Å²) in [6, 6.07) is 7.30. The molecule has 1 aromatic rings. The Morgan fingerprint density at radius 3 is 2.78 bits per heavy atom. The molecule has 23 heavy (non-hydrogen) atoms. The number of likely N-dealkylation sites (tertiary alicyclic amines) is 1. The normalized spacial score (nSPS) is 19.2.